The molecule has 722 valence electrons. The Morgan fingerprint density at radius 2 is 0.828 bits per heavy atom. The average molecular weight is 1900 g/mol. The number of nitrogen functional groups attached to an aromatic ring is 3. The van der Waals surface area contributed by atoms with Crippen molar-refractivity contribution in [3.63, 3.8) is 0 Å². The van der Waals surface area contributed by atoms with Crippen LogP contribution < -0.4 is 28.5 Å². The number of ether oxygens (including phenoxy) is 12. The number of aryl methyl sites for hydroxylation is 1. The number of nitrogens with zero attached hydrogens (tertiary/aromatic N) is 13. The molecular weight excluding hydrogens is 1760 g/mol. The minimum atomic E-state index is -4.46. The zero-order chi connectivity index (χ0) is 95.4. The third-order valence-corrected chi connectivity index (χ3v) is 24.5. The molecule has 2 bridgehead atoms. The van der Waals surface area contributed by atoms with Crippen LogP contribution in [-0.2, 0) is 112 Å². The summed E-state index contributed by atoms with van der Waals surface area (Å²) in [5, 5.41) is 0. The predicted molar refractivity (Wildman–Crippen MR) is 485 cm³/mol. The fourth-order valence-electron chi connectivity index (χ4n) is 15.5. The monoisotopic (exact) mass is 1900 g/mol. The van der Waals surface area contributed by atoms with E-state index in [0.717, 1.165) is 6.42 Å². The summed E-state index contributed by atoms with van der Waals surface area (Å²) in [4.78, 5) is 96.9. The van der Waals surface area contributed by atoms with Gasteiger partial charge in [0.05, 0.1) is 106 Å². The fourth-order valence-corrected chi connectivity index (χ4v) is 21.4. The lowest BCUT2D eigenvalue weighted by molar-refractivity contribution is -0.184. The molecule has 0 radical (unpaired) electrons. The van der Waals surface area contributed by atoms with Crippen LogP contribution >= 0.6 is 21.3 Å². The molecule has 19 atom stereocenters. The van der Waals surface area contributed by atoms with Gasteiger partial charge in [0, 0.05) is 33.1 Å². The highest BCUT2D eigenvalue weighted by Gasteiger charge is 2.66. The molecule has 7 aromatic heterocycles. The molecule has 12 rings (SSSR count). The zero-order valence-corrected chi connectivity index (χ0v) is 83.4. The molecule has 0 spiro atoms. The summed E-state index contributed by atoms with van der Waals surface area (Å²) in [6.45, 7) is 43.8. The molecule has 12 heterocycles. The van der Waals surface area contributed by atoms with E-state index in [-0.39, 0.29) is 77.0 Å². The van der Waals surface area contributed by atoms with E-state index in [1.54, 1.807) is 91.6 Å². The van der Waals surface area contributed by atoms with Gasteiger partial charge >= 0.3 is 26.9 Å². The minimum absolute atomic E-state index is 0.0553. The highest BCUT2D eigenvalue weighted by atomic mass is 32.5. The normalized spacial score (nSPS) is 26.9. The Morgan fingerprint density at radius 1 is 0.469 bits per heavy atom. The summed E-state index contributed by atoms with van der Waals surface area (Å²) in [5.74, 6) is 0.834. The Kier molecular flexibility index (Phi) is 34.6. The Balaban J connectivity index is 0.000000193. The van der Waals surface area contributed by atoms with Gasteiger partial charge in [-0.05, 0) is 161 Å². The van der Waals surface area contributed by atoms with Crippen molar-refractivity contribution in [1.82, 2.24) is 68.1 Å². The van der Waals surface area contributed by atoms with Crippen LogP contribution in [0, 0.1) is 28.6 Å². The maximum Gasteiger partial charge on any atom is 0.473 e. The van der Waals surface area contributed by atoms with Crippen LogP contribution in [0.3, 0.4) is 0 Å². The van der Waals surface area contributed by atoms with Gasteiger partial charge in [-0.15, -0.1) is 0 Å². The molecule has 5 aliphatic rings. The molecule has 128 heavy (non-hydrogen) atoms. The summed E-state index contributed by atoms with van der Waals surface area (Å²) in [7, 11) is 0.343. The minimum Gasteiger partial charge on any atom is -0.382 e. The SMILES string of the molecule is COCCOC1[C@@H](OC(C)(C)C)[C@@H](CC(C)(C)C)O[C@H]1n1cnc2c(N)ncnc21.COCCOC1[C@@H](OP(=O)(O)OC(C)(C)C)[C@@H](CC(C)(C)C)O[C@H]1n1cnc2c(N)ncnc21.COCCOC1[C@@H](OP(O)(=S)OC(C)(C)C)[C@@H](CC(C)(C)C)O[C@H]1n1cnc2c(N)ncnc21.Cc1cn([C@@H]2O[C@@]3(CC(C)(C)C)COC2[C@H]3OP(O)(=S)OC(C)(C)C)c(=O)[nH]c1=O. The van der Waals surface area contributed by atoms with Crippen molar-refractivity contribution in [2.45, 2.75) is 319 Å². The molecule has 0 saturated carbocycles. The number of hydrogen-bond acceptors (Lipinski definition) is 35. The second-order valence-electron chi connectivity index (χ2n) is 41.2. The summed E-state index contributed by atoms with van der Waals surface area (Å²) in [6, 6.07) is 0. The van der Waals surface area contributed by atoms with Gasteiger partial charge in [-0.2, -0.15) is 0 Å². The van der Waals surface area contributed by atoms with E-state index in [9.17, 15) is 28.8 Å². The number of methoxy groups -OCH3 is 3. The Labute approximate surface area is 759 Å². The van der Waals surface area contributed by atoms with Crippen LogP contribution in [0.4, 0.5) is 17.5 Å². The first-order chi connectivity index (χ1) is 58.9. The second-order valence-corrected chi connectivity index (χ2v) is 47.9. The summed E-state index contributed by atoms with van der Waals surface area (Å²) in [5.41, 5.74) is 16.2. The molecule has 41 nitrogen and oxygen atoms in total. The standard InChI is InChI=1S/C21H36N5O7P.C21H36N5O6PS.C21H35N5O4.C19H31N2O7PS/c1-20(2,3)10-13-15(32-34(27,28)33-21(4,5)6)16(30-9-8-29-7)19(31-13)26-12-25-14-17(22)23-11-24-18(14)26;1-20(2,3)10-13-15(31-33(27,34)32-21(4,5)6)16(29-9-8-28-7)19(30-13)26-12-25-14-17(22)23-11-24-18(14)26;1-20(2,3)10-13-15(30-21(4,5)6)16(28-9-8-27-7)19(29-13)26-12-25-14-17(22)23-11-24-18(14)26;1-11-8-21(16(23)20-14(11)22)15-12-13(27-29(24,30)28-18(5,6)7)19(26-15,10-25-12)9-17(2,3)4/h11-13,15-16,19H,8-10H2,1-7H3,(H,27,28)(H2,22,23,24);11-13,15-16,19H,8-10H2,1-7H3,(H,27,34)(H2,22,23,24);11-13,15-16,19H,8-10H2,1-7H3,(H2,22,23,24);8,12-13,15H,9-10H2,1-7H3,(H,24,30)(H,20,22,23)/t13-,15+,16?,19-;13-,15+,16?,19-,33?;13-,15+,16?,19-;12?,13-,15-,19+,29?/m1111/s1. The highest BCUT2D eigenvalue weighted by Crippen LogP contribution is 2.60. The Hall–Kier alpha value is -5.58. The largest absolute Gasteiger partial charge is 0.473 e. The third-order valence-electron chi connectivity index (χ3n) is 19.7. The van der Waals surface area contributed by atoms with Crippen molar-refractivity contribution < 1.29 is 103 Å². The van der Waals surface area contributed by atoms with E-state index in [1.165, 1.54) is 36.1 Å². The van der Waals surface area contributed by atoms with Crippen LogP contribution in [0.15, 0.2) is 53.7 Å². The highest BCUT2D eigenvalue weighted by molar-refractivity contribution is 8.07. The van der Waals surface area contributed by atoms with E-state index in [0.29, 0.717) is 90.6 Å². The molecule has 46 heteroatoms. The van der Waals surface area contributed by atoms with Gasteiger partial charge in [0.15, 0.2) is 59.3 Å². The summed E-state index contributed by atoms with van der Waals surface area (Å²) in [6.07, 6.45) is 3.84. The Morgan fingerprint density at radius 3 is 1.18 bits per heavy atom. The van der Waals surface area contributed by atoms with Crippen LogP contribution in [0.5, 0.6) is 0 Å². The van der Waals surface area contributed by atoms with Crippen LogP contribution in [0.2, 0.25) is 0 Å². The first-order valence-corrected chi connectivity index (χ1v) is 49.1. The maximum atomic E-state index is 12.9. The number of aromatic amines is 1. The number of rotatable bonds is 30. The molecule has 5 fully saturated rings. The van der Waals surface area contributed by atoms with E-state index in [4.69, 9.17) is 125 Å². The third kappa shape index (κ3) is 29.2. The fraction of sp³-hybridized carbons (Fsp3) is 0.768. The van der Waals surface area contributed by atoms with Crippen LogP contribution in [0.25, 0.3) is 33.5 Å². The Bertz CT molecular complexity index is 4950. The zero-order valence-electron chi connectivity index (χ0n) is 79.1. The van der Waals surface area contributed by atoms with Gasteiger partial charge in [-0.1, -0.05) is 83.1 Å². The van der Waals surface area contributed by atoms with E-state index in [2.05, 4.69) is 112 Å². The van der Waals surface area contributed by atoms with Crippen molar-refractivity contribution in [3.05, 3.63) is 70.6 Å². The van der Waals surface area contributed by atoms with Crippen LogP contribution in [-0.4, -0.2) is 246 Å². The average Bonchev–Trinajstić information content (AvgIpc) is 1.55. The van der Waals surface area contributed by atoms with Gasteiger partial charge in [-0.25, -0.2) is 54.2 Å². The number of aromatic nitrogens is 14. The van der Waals surface area contributed by atoms with Gasteiger partial charge < -0.3 is 97.8 Å². The molecule has 0 aliphatic carbocycles. The van der Waals surface area contributed by atoms with E-state index in [1.807, 2.05) is 66.9 Å². The topological polar surface area (TPSA) is 508 Å². The smallest absolute Gasteiger partial charge is 0.382 e. The molecule has 0 aromatic carbocycles. The number of phosphoric ester groups is 1. The number of nitrogens with two attached hydrogens (primary N) is 3. The molecule has 5 saturated heterocycles. The quantitative estimate of drug-likeness (QED) is 0.0162. The van der Waals surface area contributed by atoms with Gasteiger partial charge in [-0.3, -0.25) is 46.1 Å². The molecule has 0 amide bonds. The number of phosphoric acid groups is 1. The van der Waals surface area contributed by atoms with Crippen molar-refractivity contribution in [1.29, 1.82) is 0 Å². The summed E-state index contributed by atoms with van der Waals surface area (Å²) >= 11 is 10.6. The number of anilines is 3. The van der Waals surface area contributed by atoms with E-state index >= 15 is 0 Å². The van der Waals surface area contributed by atoms with Crippen LogP contribution in [0.1, 0.15) is 222 Å². The number of H-pyrrole nitrogens is 1. The molecule has 10 N–H and O–H groups in total. The lowest BCUT2D eigenvalue weighted by atomic mass is 9.80. The van der Waals surface area contributed by atoms with Gasteiger partial charge in [0.25, 0.3) is 5.56 Å². The number of fused-ring (bicyclic) bond motifs is 5. The first-order valence-electron chi connectivity index (χ1n) is 42.5. The van der Waals surface area contributed by atoms with Crippen molar-refractivity contribution in [3.8, 4) is 0 Å². The molecule has 5 aliphatic heterocycles. The first kappa shape index (κ1) is 106. The van der Waals surface area contributed by atoms with E-state index < -0.39 is 129 Å². The number of hydrogen-bond donors (Lipinski definition) is 7. The van der Waals surface area contributed by atoms with Gasteiger partial charge in [0.1, 0.15) is 90.0 Å². The second kappa shape index (κ2) is 41.7. The molecule has 7 aromatic rings. The number of nitrogens with one attached hydrogen (secondary N) is 1. The lowest BCUT2D eigenvalue weighted by Gasteiger charge is -2.37. The number of imidazole rings is 3. The summed E-state index contributed by atoms with van der Waals surface area (Å²) < 4.78 is 126. The molecular formula is C82H138N17O24P3S2. The maximum absolute atomic E-state index is 12.9. The molecule has 7 unspecified atom stereocenters. The van der Waals surface area contributed by atoms with Crippen molar-refractivity contribution >= 4 is 95.8 Å². The predicted octanol–water partition coefficient (Wildman–Crippen LogP) is 11.6. The lowest BCUT2D eigenvalue weighted by Crippen LogP contribution is -2.45. The van der Waals surface area contributed by atoms with Crippen molar-refractivity contribution in [2.24, 2.45) is 21.7 Å². The van der Waals surface area contributed by atoms with Crippen molar-refractivity contribution in [2.75, 3.05) is 84.8 Å². The van der Waals surface area contributed by atoms with Gasteiger partial charge in [0.2, 0.25) is 0 Å².